The maximum absolute atomic E-state index is 11.2. The molecule has 1 saturated carbocycles. The number of amides is 1. The van der Waals surface area contributed by atoms with E-state index in [1.165, 1.54) is 12.8 Å². The maximum atomic E-state index is 11.2. The van der Waals surface area contributed by atoms with Gasteiger partial charge in [0.15, 0.2) is 0 Å². The molecule has 0 heterocycles. The Morgan fingerprint density at radius 1 is 1.35 bits per heavy atom. The fraction of sp³-hybridized carbons (Fsp3) is 0.462. The molecule has 0 spiro atoms. The van der Waals surface area contributed by atoms with Crippen molar-refractivity contribution in [1.29, 1.82) is 0 Å². The van der Waals surface area contributed by atoms with Crippen LogP contribution in [0.3, 0.4) is 0 Å². The van der Waals surface area contributed by atoms with Crippen molar-refractivity contribution >= 4 is 17.3 Å². The summed E-state index contributed by atoms with van der Waals surface area (Å²) in [6, 6.07) is 8.07. The predicted octanol–water partition coefficient (Wildman–Crippen LogP) is 1.50. The summed E-state index contributed by atoms with van der Waals surface area (Å²) < 4.78 is 0. The van der Waals surface area contributed by atoms with E-state index in [0.29, 0.717) is 6.04 Å². The van der Waals surface area contributed by atoms with Gasteiger partial charge in [-0.15, -0.1) is 0 Å². The van der Waals surface area contributed by atoms with Crippen molar-refractivity contribution in [3.63, 3.8) is 0 Å². The molecule has 2 rings (SSSR count). The first kappa shape index (κ1) is 11.8. The standard InChI is InChI=1S/C13H19N3O/c14-10-4-3-7-12(8-10)16(9-13(15)17)11-5-1-2-6-11/h3-4,7-8,11H,1-2,5-6,9,14H2,(H2,15,17). The van der Waals surface area contributed by atoms with Crippen LogP contribution in [-0.4, -0.2) is 18.5 Å². The molecule has 0 aromatic heterocycles. The Hall–Kier alpha value is -1.71. The highest BCUT2D eigenvalue weighted by Gasteiger charge is 2.24. The second-order valence-electron chi connectivity index (χ2n) is 4.63. The molecular weight excluding hydrogens is 214 g/mol. The fourth-order valence-electron chi connectivity index (χ4n) is 2.52. The minimum atomic E-state index is -0.292. The molecule has 1 fully saturated rings. The van der Waals surface area contributed by atoms with Gasteiger partial charge in [0.05, 0.1) is 6.54 Å². The van der Waals surface area contributed by atoms with Gasteiger partial charge in [-0.2, -0.15) is 0 Å². The van der Waals surface area contributed by atoms with Crippen LogP contribution in [0.25, 0.3) is 0 Å². The number of benzene rings is 1. The molecule has 92 valence electrons. The summed E-state index contributed by atoms with van der Waals surface area (Å²) in [5.41, 5.74) is 12.8. The summed E-state index contributed by atoms with van der Waals surface area (Å²) in [5, 5.41) is 0. The zero-order chi connectivity index (χ0) is 12.3. The van der Waals surface area contributed by atoms with Crippen LogP contribution in [0.5, 0.6) is 0 Å². The van der Waals surface area contributed by atoms with Gasteiger partial charge in [0.25, 0.3) is 0 Å². The van der Waals surface area contributed by atoms with Crippen LogP contribution in [0.4, 0.5) is 11.4 Å². The lowest BCUT2D eigenvalue weighted by molar-refractivity contribution is -0.116. The van der Waals surface area contributed by atoms with E-state index in [4.69, 9.17) is 11.5 Å². The van der Waals surface area contributed by atoms with Crippen molar-refractivity contribution in [1.82, 2.24) is 0 Å². The third-order valence-corrected chi connectivity index (χ3v) is 3.29. The lowest BCUT2D eigenvalue weighted by Crippen LogP contribution is -2.40. The van der Waals surface area contributed by atoms with Gasteiger partial charge in [-0.1, -0.05) is 18.9 Å². The molecule has 1 aliphatic rings. The summed E-state index contributed by atoms with van der Waals surface area (Å²) in [7, 11) is 0. The minimum absolute atomic E-state index is 0.272. The molecule has 0 atom stereocenters. The number of carbonyl (C=O) groups excluding carboxylic acids is 1. The highest BCUT2D eigenvalue weighted by atomic mass is 16.1. The Morgan fingerprint density at radius 3 is 2.65 bits per heavy atom. The normalized spacial score (nSPS) is 16.0. The number of nitrogen functional groups attached to an aromatic ring is 1. The Labute approximate surface area is 102 Å². The molecule has 4 nitrogen and oxygen atoms in total. The summed E-state index contributed by atoms with van der Waals surface area (Å²) in [5.74, 6) is -0.292. The van der Waals surface area contributed by atoms with Gasteiger partial charge >= 0.3 is 0 Å². The van der Waals surface area contributed by atoms with Crippen molar-refractivity contribution in [3.8, 4) is 0 Å². The number of primary amides is 1. The van der Waals surface area contributed by atoms with Gasteiger partial charge in [0, 0.05) is 17.4 Å². The average Bonchev–Trinajstić information content (AvgIpc) is 2.79. The average molecular weight is 233 g/mol. The van der Waals surface area contributed by atoms with E-state index in [2.05, 4.69) is 4.90 Å². The van der Waals surface area contributed by atoms with Gasteiger partial charge in [-0.05, 0) is 31.0 Å². The third-order valence-electron chi connectivity index (χ3n) is 3.29. The van der Waals surface area contributed by atoms with Crippen LogP contribution in [-0.2, 0) is 4.79 Å². The zero-order valence-electron chi connectivity index (χ0n) is 9.93. The molecule has 1 aliphatic carbocycles. The van der Waals surface area contributed by atoms with E-state index in [1.54, 1.807) is 0 Å². The van der Waals surface area contributed by atoms with Crippen LogP contribution in [0, 0.1) is 0 Å². The molecule has 0 saturated heterocycles. The van der Waals surface area contributed by atoms with Crippen LogP contribution in [0.1, 0.15) is 25.7 Å². The number of carbonyl (C=O) groups is 1. The Morgan fingerprint density at radius 2 is 2.06 bits per heavy atom. The van der Waals surface area contributed by atoms with E-state index in [0.717, 1.165) is 24.2 Å². The molecule has 1 aromatic rings. The van der Waals surface area contributed by atoms with Crippen LogP contribution in [0.2, 0.25) is 0 Å². The fourth-order valence-corrected chi connectivity index (χ4v) is 2.52. The maximum Gasteiger partial charge on any atom is 0.236 e. The first-order valence-corrected chi connectivity index (χ1v) is 6.07. The number of nitrogens with zero attached hydrogens (tertiary/aromatic N) is 1. The smallest absolute Gasteiger partial charge is 0.236 e. The second-order valence-corrected chi connectivity index (χ2v) is 4.63. The molecule has 4 N–H and O–H groups in total. The largest absolute Gasteiger partial charge is 0.399 e. The number of hydrogen-bond acceptors (Lipinski definition) is 3. The van der Waals surface area contributed by atoms with E-state index < -0.39 is 0 Å². The molecule has 0 radical (unpaired) electrons. The van der Waals surface area contributed by atoms with Crippen molar-refractivity contribution < 1.29 is 4.79 Å². The van der Waals surface area contributed by atoms with Crippen LogP contribution < -0.4 is 16.4 Å². The topological polar surface area (TPSA) is 72.4 Å². The summed E-state index contributed by atoms with van der Waals surface area (Å²) >= 11 is 0. The molecule has 0 aliphatic heterocycles. The molecule has 1 amide bonds. The van der Waals surface area contributed by atoms with Crippen molar-refractivity contribution in [2.24, 2.45) is 5.73 Å². The first-order valence-electron chi connectivity index (χ1n) is 6.07. The second kappa shape index (κ2) is 5.08. The molecule has 17 heavy (non-hydrogen) atoms. The van der Waals surface area contributed by atoms with Gasteiger partial charge in [-0.25, -0.2) is 0 Å². The molecule has 1 aromatic carbocycles. The molecular formula is C13H19N3O. The van der Waals surface area contributed by atoms with Crippen molar-refractivity contribution in [2.45, 2.75) is 31.7 Å². The minimum Gasteiger partial charge on any atom is -0.399 e. The van der Waals surface area contributed by atoms with Crippen molar-refractivity contribution in [3.05, 3.63) is 24.3 Å². The highest BCUT2D eigenvalue weighted by Crippen LogP contribution is 2.28. The Bertz CT molecular complexity index is 399. The summed E-state index contributed by atoms with van der Waals surface area (Å²) in [6.07, 6.45) is 4.70. The number of rotatable bonds is 4. The first-order chi connectivity index (χ1) is 8.16. The lowest BCUT2D eigenvalue weighted by atomic mass is 10.1. The summed E-state index contributed by atoms with van der Waals surface area (Å²) in [4.78, 5) is 13.3. The van der Waals surface area contributed by atoms with Crippen LogP contribution in [0.15, 0.2) is 24.3 Å². The van der Waals surface area contributed by atoms with E-state index in [9.17, 15) is 4.79 Å². The SMILES string of the molecule is NC(=O)CN(c1cccc(N)c1)C1CCCC1. The molecule has 0 unspecified atom stereocenters. The van der Waals surface area contributed by atoms with Gasteiger partial charge in [0.2, 0.25) is 5.91 Å². The van der Waals surface area contributed by atoms with Crippen LogP contribution >= 0.6 is 0 Å². The number of hydrogen-bond donors (Lipinski definition) is 2. The Kier molecular flexibility index (Phi) is 3.52. The zero-order valence-corrected chi connectivity index (χ0v) is 9.93. The quantitative estimate of drug-likeness (QED) is 0.774. The monoisotopic (exact) mass is 233 g/mol. The van der Waals surface area contributed by atoms with Gasteiger partial charge in [0.1, 0.15) is 0 Å². The Balaban J connectivity index is 2.22. The highest BCUT2D eigenvalue weighted by molar-refractivity contribution is 5.80. The molecule has 4 heteroatoms. The van der Waals surface area contributed by atoms with E-state index >= 15 is 0 Å². The predicted molar refractivity (Wildman–Crippen MR) is 69.7 cm³/mol. The third kappa shape index (κ3) is 2.90. The van der Waals surface area contributed by atoms with Gasteiger partial charge in [-0.3, -0.25) is 4.79 Å². The van der Waals surface area contributed by atoms with E-state index in [1.807, 2.05) is 24.3 Å². The summed E-state index contributed by atoms with van der Waals surface area (Å²) in [6.45, 7) is 0.272. The van der Waals surface area contributed by atoms with Crippen molar-refractivity contribution in [2.75, 3.05) is 17.2 Å². The van der Waals surface area contributed by atoms with E-state index in [-0.39, 0.29) is 12.5 Å². The molecule has 0 bridgehead atoms. The number of anilines is 2. The van der Waals surface area contributed by atoms with Gasteiger partial charge < -0.3 is 16.4 Å². The number of nitrogens with two attached hydrogens (primary N) is 2. The lowest BCUT2D eigenvalue weighted by Gasteiger charge is -2.30.